The molecular formula is C18H16N2O5S. The Morgan fingerprint density at radius 2 is 1.50 bits per heavy atom. The third kappa shape index (κ3) is 3.50. The molecule has 2 amide bonds. The number of rotatable bonds is 6. The molecular weight excluding hydrogens is 356 g/mol. The quantitative estimate of drug-likeness (QED) is 0.617. The van der Waals surface area contributed by atoms with Crippen LogP contribution in [0.4, 0.5) is 5.69 Å². The molecule has 0 bridgehead atoms. The molecule has 0 unspecified atom stereocenters. The minimum Gasteiger partial charge on any atom is -0.295 e. The Hall–Kier alpha value is -3.00. The summed E-state index contributed by atoms with van der Waals surface area (Å²) in [5.41, 5.74) is 1.33. The Morgan fingerprint density at radius 3 is 2.00 bits per heavy atom. The van der Waals surface area contributed by atoms with Crippen molar-refractivity contribution in [2.45, 2.75) is 6.92 Å². The van der Waals surface area contributed by atoms with Crippen molar-refractivity contribution in [1.29, 1.82) is 0 Å². The van der Waals surface area contributed by atoms with Crippen LogP contribution in [0.3, 0.4) is 0 Å². The molecule has 0 saturated carbocycles. The van der Waals surface area contributed by atoms with Gasteiger partial charge in [-0.25, -0.2) is 8.42 Å². The van der Waals surface area contributed by atoms with E-state index in [2.05, 4.69) is 4.72 Å². The van der Waals surface area contributed by atoms with E-state index < -0.39 is 27.6 Å². The molecule has 1 aliphatic rings. The maximum Gasteiger partial charge on any atom is 0.261 e. The molecule has 1 heterocycles. The molecule has 0 aromatic heterocycles. The molecule has 0 spiro atoms. The summed E-state index contributed by atoms with van der Waals surface area (Å²) in [5.74, 6) is -1.53. The number of sulfonamides is 1. The lowest BCUT2D eigenvalue weighted by Crippen LogP contribution is -2.35. The first kappa shape index (κ1) is 17.8. The summed E-state index contributed by atoms with van der Waals surface area (Å²) >= 11 is 0. The van der Waals surface area contributed by atoms with Gasteiger partial charge in [0.05, 0.1) is 16.9 Å². The fraction of sp³-hybridized carbons (Fsp3) is 0.167. The fourth-order valence-electron chi connectivity index (χ4n) is 2.66. The first-order valence-electron chi connectivity index (χ1n) is 7.85. The van der Waals surface area contributed by atoms with Crippen molar-refractivity contribution in [2.24, 2.45) is 0 Å². The fourth-order valence-corrected chi connectivity index (χ4v) is 3.68. The van der Waals surface area contributed by atoms with Crippen LogP contribution < -0.4 is 4.72 Å². The van der Waals surface area contributed by atoms with E-state index >= 15 is 0 Å². The van der Waals surface area contributed by atoms with Gasteiger partial charge in [-0.05, 0) is 43.3 Å². The standard InChI is InChI=1S/C18H16N2O5S/c1-12(21)13-6-8-14(9-7-13)19-26(24,25)11-10-20-17(22)15-4-2-3-5-16(15)18(20)23/h2-9,19H,10-11H2,1H3. The van der Waals surface area contributed by atoms with Gasteiger partial charge >= 0.3 is 0 Å². The highest BCUT2D eigenvalue weighted by Gasteiger charge is 2.35. The second kappa shape index (κ2) is 6.72. The van der Waals surface area contributed by atoms with Crippen LogP contribution in [0.1, 0.15) is 38.0 Å². The Kier molecular flexibility index (Phi) is 4.60. The monoisotopic (exact) mass is 372 g/mol. The van der Waals surface area contributed by atoms with E-state index in [0.717, 1.165) is 4.90 Å². The number of ketones is 1. The zero-order chi connectivity index (χ0) is 18.9. The number of imide groups is 1. The minimum atomic E-state index is -3.77. The number of nitrogens with zero attached hydrogens (tertiary/aromatic N) is 1. The van der Waals surface area contributed by atoms with Crippen molar-refractivity contribution in [2.75, 3.05) is 17.0 Å². The van der Waals surface area contributed by atoms with Gasteiger partial charge in [0, 0.05) is 17.8 Å². The van der Waals surface area contributed by atoms with Crippen LogP contribution >= 0.6 is 0 Å². The number of carbonyl (C=O) groups is 3. The van der Waals surface area contributed by atoms with Gasteiger partial charge in [-0.15, -0.1) is 0 Å². The zero-order valence-corrected chi connectivity index (χ0v) is 14.7. The summed E-state index contributed by atoms with van der Waals surface area (Å²) in [6.07, 6.45) is 0. The van der Waals surface area contributed by atoms with Crippen molar-refractivity contribution < 1.29 is 22.8 Å². The Labute approximate surface area is 150 Å². The molecule has 2 aromatic rings. The van der Waals surface area contributed by atoms with E-state index in [9.17, 15) is 22.8 Å². The van der Waals surface area contributed by atoms with Gasteiger partial charge in [-0.3, -0.25) is 24.0 Å². The highest BCUT2D eigenvalue weighted by atomic mass is 32.2. The minimum absolute atomic E-state index is 0.120. The van der Waals surface area contributed by atoms with Gasteiger partial charge < -0.3 is 0 Å². The van der Waals surface area contributed by atoms with E-state index in [1.54, 1.807) is 24.3 Å². The number of Topliss-reactive ketones (excluding diaryl/α,β-unsaturated/α-hetero) is 1. The summed E-state index contributed by atoms with van der Waals surface area (Å²) in [6.45, 7) is 1.18. The lowest BCUT2D eigenvalue weighted by atomic mass is 10.1. The van der Waals surface area contributed by atoms with Crippen molar-refractivity contribution >= 4 is 33.3 Å². The molecule has 26 heavy (non-hydrogen) atoms. The third-order valence-corrected chi connectivity index (χ3v) is 5.29. The van der Waals surface area contributed by atoms with E-state index in [1.807, 2.05) is 0 Å². The molecule has 0 atom stereocenters. The van der Waals surface area contributed by atoms with Crippen molar-refractivity contribution in [3.63, 3.8) is 0 Å². The van der Waals surface area contributed by atoms with Gasteiger partial charge in [0.25, 0.3) is 11.8 Å². The normalized spacial score (nSPS) is 13.7. The molecule has 0 fully saturated rings. The summed E-state index contributed by atoms with van der Waals surface area (Å²) < 4.78 is 26.8. The highest BCUT2D eigenvalue weighted by molar-refractivity contribution is 7.92. The maximum atomic E-state index is 12.2. The Morgan fingerprint density at radius 1 is 0.962 bits per heavy atom. The van der Waals surface area contributed by atoms with E-state index in [0.29, 0.717) is 11.3 Å². The average Bonchev–Trinajstić information content (AvgIpc) is 2.85. The topological polar surface area (TPSA) is 101 Å². The smallest absolute Gasteiger partial charge is 0.261 e. The predicted octanol–water partition coefficient (Wildman–Crippen LogP) is 1.93. The third-order valence-electron chi connectivity index (χ3n) is 4.03. The number of hydrogen-bond acceptors (Lipinski definition) is 5. The molecule has 0 aliphatic carbocycles. The molecule has 1 N–H and O–H groups in total. The first-order valence-corrected chi connectivity index (χ1v) is 9.50. The van der Waals surface area contributed by atoms with Gasteiger partial charge in [0.1, 0.15) is 0 Å². The van der Waals surface area contributed by atoms with Crippen LogP contribution in [0.5, 0.6) is 0 Å². The van der Waals surface area contributed by atoms with Gasteiger partial charge in [-0.1, -0.05) is 12.1 Å². The summed E-state index contributed by atoms with van der Waals surface area (Å²) in [5, 5.41) is 0. The first-order chi connectivity index (χ1) is 12.3. The van der Waals surface area contributed by atoms with E-state index in [4.69, 9.17) is 0 Å². The van der Waals surface area contributed by atoms with E-state index in [1.165, 1.54) is 31.2 Å². The van der Waals surface area contributed by atoms with Crippen molar-refractivity contribution in [1.82, 2.24) is 4.90 Å². The van der Waals surface area contributed by atoms with Crippen LogP contribution in [-0.2, 0) is 10.0 Å². The summed E-state index contributed by atoms with van der Waals surface area (Å²) in [7, 11) is -3.77. The Balaban J connectivity index is 1.66. The molecule has 1 aliphatic heterocycles. The van der Waals surface area contributed by atoms with Crippen LogP contribution in [0.15, 0.2) is 48.5 Å². The average molecular weight is 372 g/mol. The number of carbonyl (C=O) groups excluding carboxylic acids is 3. The summed E-state index contributed by atoms with van der Waals surface area (Å²) in [6, 6.07) is 12.4. The number of nitrogens with one attached hydrogen (secondary N) is 1. The van der Waals surface area contributed by atoms with Crippen LogP contribution in [0.25, 0.3) is 0 Å². The van der Waals surface area contributed by atoms with Gasteiger partial charge in [-0.2, -0.15) is 0 Å². The molecule has 3 rings (SSSR count). The van der Waals surface area contributed by atoms with Crippen LogP contribution in [-0.4, -0.2) is 43.2 Å². The van der Waals surface area contributed by atoms with E-state index in [-0.39, 0.29) is 23.5 Å². The number of fused-ring (bicyclic) bond motifs is 1. The Bertz CT molecular complexity index is 961. The van der Waals surface area contributed by atoms with Crippen molar-refractivity contribution in [3.05, 3.63) is 65.2 Å². The van der Waals surface area contributed by atoms with Gasteiger partial charge in [0.15, 0.2) is 5.78 Å². The largest absolute Gasteiger partial charge is 0.295 e. The maximum absolute atomic E-state index is 12.2. The van der Waals surface area contributed by atoms with Crippen LogP contribution in [0.2, 0.25) is 0 Å². The predicted molar refractivity (Wildman–Crippen MR) is 95.7 cm³/mol. The molecule has 7 nitrogen and oxygen atoms in total. The van der Waals surface area contributed by atoms with Crippen molar-refractivity contribution in [3.8, 4) is 0 Å². The molecule has 0 radical (unpaired) electrons. The van der Waals surface area contributed by atoms with Crippen LogP contribution in [0, 0.1) is 0 Å². The number of benzene rings is 2. The van der Waals surface area contributed by atoms with Gasteiger partial charge in [0.2, 0.25) is 10.0 Å². The lowest BCUT2D eigenvalue weighted by Gasteiger charge is -2.14. The second-order valence-electron chi connectivity index (χ2n) is 5.86. The number of anilines is 1. The second-order valence-corrected chi connectivity index (χ2v) is 7.70. The molecule has 0 saturated heterocycles. The summed E-state index contributed by atoms with van der Waals surface area (Å²) in [4.78, 5) is 36.7. The molecule has 134 valence electrons. The number of amides is 2. The lowest BCUT2D eigenvalue weighted by molar-refractivity contribution is 0.0664. The zero-order valence-electron chi connectivity index (χ0n) is 13.9. The molecule has 2 aromatic carbocycles. The number of hydrogen-bond donors (Lipinski definition) is 1. The highest BCUT2D eigenvalue weighted by Crippen LogP contribution is 2.22. The molecule has 8 heteroatoms. The SMILES string of the molecule is CC(=O)c1ccc(NS(=O)(=O)CCN2C(=O)c3ccccc3C2=O)cc1.